The maximum atomic E-state index is 11.6. The minimum absolute atomic E-state index is 0.135. The monoisotopic (exact) mass is 288 g/mol. The Hall–Kier alpha value is -0.350. The van der Waals surface area contributed by atoms with Crippen LogP contribution in [-0.2, 0) is 9.84 Å². The first-order valence-corrected chi connectivity index (χ1v) is 7.52. The summed E-state index contributed by atoms with van der Waals surface area (Å²) in [5.74, 6) is 0.480. The van der Waals surface area contributed by atoms with E-state index in [1.165, 1.54) is 0 Å². The van der Waals surface area contributed by atoms with Crippen LogP contribution in [0.15, 0.2) is 28.7 Å². The van der Waals surface area contributed by atoms with Gasteiger partial charge in [0.15, 0.2) is 9.84 Å². The summed E-state index contributed by atoms with van der Waals surface area (Å²) < 4.78 is 24.2. The topological polar surface area (TPSA) is 34.1 Å². The highest BCUT2D eigenvalue weighted by molar-refractivity contribution is 9.10. The SMILES string of the molecule is CCS(=O)(=O)[C@@H]1C[C@H]1c1ccc(Br)cc1. The number of rotatable bonds is 3. The Morgan fingerprint density at radius 2 is 1.93 bits per heavy atom. The summed E-state index contributed by atoms with van der Waals surface area (Å²) in [7, 11) is -2.84. The van der Waals surface area contributed by atoms with Crippen molar-refractivity contribution in [2.45, 2.75) is 24.5 Å². The molecular formula is C11H13BrO2S. The maximum absolute atomic E-state index is 11.6. The first-order valence-electron chi connectivity index (χ1n) is 5.01. The number of benzene rings is 1. The number of sulfone groups is 1. The molecule has 0 aromatic heterocycles. The van der Waals surface area contributed by atoms with Gasteiger partial charge in [-0.3, -0.25) is 0 Å². The fourth-order valence-corrected chi connectivity index (χ4v) is 3.69. The molecule has 0 amide bonds. The molecule has 2 atom stereocenters. The third-order valence-electron chi connectivity index (χ3n) is 2.89. The fourth-order valence-electron chi connectivity index (χ4n) is 1.84. The van der Waals surface area contributed by atoms with Gasteiger partial charge in [-0.2, -0.15) is 0 Å². The van der Waals surface area contributed by atoms with Crippen LogP contribution in [0.25, 0.3) is 0 Å². The van der Waals surface area contributed by atoms with Gasteiger partial charge in [-0.1, -0.05) is 35.0 Å². The standard InChI is InChI=1S/C11H13BrO2S/c1-2-15(13,14)11-7-10(11)8-3-5-9(12)6-4-8/h3-6,10-11H,2,7H2,1H3/t10-,11+/m0/s1. The van der Waals surface area contributed by atoms with Gasteiger partial charge in [-0.05, 0) is 24.1 Å². The van der Waals surface area contributed by atoms with Crippen LogP contribution in [0.3, 0.4) is 0 Å². The molecule has 1 aromatic rings. The molecule has 2 rings (SSSR count). The zero-order valence-electron chi connectivity index (χ0n) is 8.48. The summed E-state index contributed by atoms with van der Waals surface area (Å²) in [6.07, 6.45) is 0.789. The molecule has 0 bridgehead atoms. The molecular weight excluding hydrogens is 276 g/mol. The molecule has 0 N–H and O–H groups in total. The quantitative estimate of drug-likeness (QED) is 0.857. The second kappa shape index (κ2) is 3.91. The summed E-state index contributed by atoms with van der Waals surface area (Å²) >= 11 is 3.36. The highest BCUT2D eigenvalue weighted by Gasteiger charge is 2.46. The Balaban J connectivity index is 2.15. The molecule has 1 saturated carbocycles. The molecule has 1 aliphatic rings. The lowest BCUT2D eigenvalue weighted by Crippen LogP contribution is -2.10. The molecule has 1 fully saturated rings. The molecule has 1 aromatic carbocycles. The van der Waals surface area contributed by atoms with E-state index in [0.717, 1.165) is 16.5 Å². The van der Waals surface area contributed by atoms with Gasteiger partial charge >= 0.3 is 0 Å². The molecule has 0 saturated heterocycles. The van der Waals surface area contributed by atoms with Crippen LogP contribution in [0.2, 0.25) is 0 Å². The average molecular weight is 289 g/mol. The van der Waals surface area contributed by atoms with E-state index >= 15 is 0 Å². The van der Waals surface area contributed by atoms with Crippen LogP contribution >= 0.6 is 15.9 Å². The third-order valence-corrected chi connectivity index (χ3v) is 5.67. The third kappa shape index (κ3) is 2.26. The smallest absolute Gasteiger partial charge is 0.153 e. The van der Waals surface area contributed by atoms with Crippen molar-refractivity contribution in [3.63, 3.8) is 0 Å². The van der Waals surface area contributed by atoms with E-state index in [2.05, 4.69) is 15.9 Å². The molecule has 1 aliphatic carbocycles. The molecule has 0 spiro atoms. The van der Waals surface area contributed by atoms with Crippen LogP contribution in [0.1, 0.15) is 24.8 Å². The van der Waals surface area contributed by atoms with Crippen molar-refractivity contribution in [3.8, 4) is 0 Å². The normalized spacial score (nSPS) is 25.2. The molecule has 0 radical (unpaired) electrons. The second-order valence-electron chi connectivity index (χ2n) is 3.88. The van der Waals surface area contributed by atoms with Crippen molar-refractivity contribution in [3.05, 3.63) is 34.3 Å². The van der Waals surface area contributed by atoms with Gasteiger partial charge in [0.25, 0.3) is 0 Å². The van der Waals surface area contributed by atoms with E-state index in [4.69, 9.17) is 0 Å². The van der Waals surface area contributed by atoms with Gasteiger partial charge in [0.1, 0.15) is 0 Å². The van der Waals surface area contributed by atoms with Gasteiger partial charge < -0.3 is 0 Å². The molecule has 82 valence electrons. The van der Waals surface area contributed by atoms with E-state index in [1.54, 1.807) is 6.92 Å². The van der Waals surface area contributed by atoms with Gasteiger partial charge in [0, 0.05) is 16.1 Å². The number of halogens is 1. The minimum atomic E-state index is -2.84. The van der Waals surface area contributed by atoms with Gasteiger partial charge in [0.05, 0.1) is 5.25 Å². The first kappa shape index (κ1) is 11.1. The molecule has 15 heavy (non-hydrogen) atoms. The lowest BCUT2D eigenvalue weighted by atomic mass is 10.1. The summed E-state index contributed by atoms with van der Waals surface area (Å²) in [5, 5.41) is -0.135. The summed E-state index contributed by atoms with van der Waals surface area (Å²) in [6, 6.07) is 7.92. The number of hydrogen-bond donors (Lipinski definition) is 0. The highest BCUT2D eigenvalue weighted by atomic mass is 79.9. The summed E-state index contributed by atoms with van der Waals surface area (Å²) in [5.41, 5.74) is 1.14. The first-order chi connectivity index (χ1) is 7.04. The largest absolute Gasteiger partial charge is 0.229 e. The van der Waals surface area contributed by atoms with Crippen molar-refractivity contribution in [1.29, 1.82) is 0 Å². The molecule has 0 aliphatic heterocycles. The molecule has 4 heteroatoms. The Morgan fingerprint density at radius 1 is 1.33 bits per heavy atom. The summed E-state index contributed by atoms with van der Waals surface area (Å²) in [4.78, 5) is 0. The predicted octanol–water partition coefficient (Wildman–Crippen LogP) is 2.74. The summed E-state index contributed by atoms with van der Waals surface area (Å²) in [6.45, 7) is 1.71. The lowest BCUT2D eigenvalue weighted by molar-refractivity contribution is 0.595. The Morgan fingerprint density at radius 3 is 2.47 bits per heavy atom. The predicted molar refractivity (Wildman–Crippen MR) is 64.7 cm³/mol. The van der Waals surface area contributed by atoms with Gasteiger partial charge in [0.2, 0.25) is 0 Å². The van der Waals surface area contributed by atoms with Crippen molar-refractivity contribution < 1.29 is 8.42 Å². The Bertz CT molecular complexity index is 450. The second-order valence-corrected chi connectivity index (χ2v) is 7.31. The van der Waals surface area contributed by atoms with Crippen LogP contribution in [0.5, 0.6) is 0 Å². The van der Waals surface area contributed by atoms with E-state index in [9.17, 15) is 8.42 Å². The van der Waals surface area contributed by atoms with E-state index in [1.807, 2.05) is 24.3 Å². The van der Waals surface area contributed by atoms with Crippen molar-refractivity contribution >= 4 is 25.8 Å². The van der Waals surface area contributed by atoms with Crippen LogP contribution < -0.4 is 0 Å². The van der Waals surface area contributed by atoms with Crippen molar-refractivity contribution in [1.82, 2.24) is 0 Å². The maximum Gasteiger partial charge on any atom is 0.153 e. The molecule has 2 nitrogen and oxygen atoms in total. The van der Waals surface area contributed by atoms with Crippen LogP contribution in [-0.4, -0.2) is 19.4 Å². The van der Waals surface area contributed by atoms with E-state index in [0.29, 0.717) is 0 Å². The van der Waals surface area contributed by atoms with Crippen LogP contribution in [0.4, 0.5) is 0 Å². The number of hydrogen-bond acceptors (Lipinski definition) is 2. The average Bonchev–Trinajstić information content (AvgIpc) is 2.99. The van der Waals surface area contributed by atoms with Crippen LogP contribution in [0, 0.1) is 0 Å². The molecule has 0 heterocycles. The Labute approximate surface area is 98.7 Å². The Kier molecular flexibility index (Phi) is 2.90. The van der Waals surface area contributed by atoms with Crippen molar-refractivity contribution in [2.75, 3.05) is 5.75 Å². The van der Waals surface area contributed by atoms with Gasteiger partial charge in [-0.25, -0.2) is 8.42 Å². The van der Waals surface area contributed by atoms with Gasteiger partial charge in [-0.15, -0.1) is 0 Å². The van der Waals surface area contributed by atoms with E-state index < -0.39 is 9.84 Å². The fraction of sp³-hybridized carbons (Fsp3) is 0.455. The van der Waals surface area contributed by atoms with E-state index in [-0.39, 0.29) is 16.9 Å². The molecule has 0 unspecified atom stereocenters. The zero-order valence-corrected chi connectivity index (χ0v) is 10.9. The zero-order chi connectivity index (χ0) is 11.1. The highest BCUT2D eigenvalue weighted by Crippen LogP contribution is 2.46. The minimum Gasteiger partial charge on any atom is -0.229 e. The lowest BCUT2D eigenvalue weighted by Gasteiger charge is -2.01. The van der Waals surface area contributed by atoms with Crippen molar-refractivity contribution in [2.24, 2.45) is 0 Å².